The first-order valence-corrected chi connectivity index (χ1v) is 7.41. The largest absolute Gasteiger partial charge is 0.480 e. The molecule has 1 unspecified atom stereocenters. The fraction of sp³-hybridized carbons (Fsp3) is 0.929. The highest BCUT2D eigenvalue weighted by atomic mass is 16.4. The Morgan fingerprint density at radius 2 is 2.00 bits per heavy atom. The Hall–Kier alpha value is -0.610. The lowest BCUT2D eigenvalue weighted by Crippen LogP contribution is -2.46. The Kier molecular flexibility index (Phi) is 5.01. The summed E-state index contributed by atoms with van der Waals surface area (Å²) in [4.78, 5) is 13.7. The molecule has 0 amide bonds. The van der Waals surface area contributed by atoms with E-state index in [-0.39, 0.29) is 6.04 Å². The maximum Gasteiger partial charge on any atom is 0.320 e. The minimum absolute atomic E-state index is 0.252. The molecule has 1 saturated heterocycles. The lowest BCUT2D eigenvalue weighted by Gasteiger charge is -2.34. The average Bonchev–Trinajstić information content (AvgIpc) is 3.19. The molecule has 1 saturated carbocycles. The molecule has 1 atom stereocenters. The number of carbonyl (C=O) groups is 1. The van der Waals surface area contributed by atoms with Crippen LogP contribution in [-0.2, 0) is 4.79 Å². The molecule has 1 heterocycles. The molecule has 104 valence electrons. The summed E-state index contributed by atoms with van der Waals surface area (Å²) in [7, 11) is 0. The Balaban J connectivity index is 1.94. The van der Waals surface area contributed by atoms with Crippen LogP contribution in [0.4, 0.5) is 0 Å². The van der Waals surface area contributed by atoms with Crippen LogP contribution >= 0.6 is 0 Å². The summed E-state index contributed by atoms with van der Waals surface area (Å²) in [6, 6.07) is 0.296. The second-order valence-electron chi connectivity index (χ2n) is 5.76. The van der Waals surface area contributed by atoms with Crippen molar-refractivity contribution in [2.24, 2.45) is 5.92 Å². The molecule has 2 aliphatic rings. The fourth-order valence-corrected chi connectivity index (χ4v) is 3.00. The number of aliphatic carboxylic acids is 1. The first-order chi connectivity index (χ1) is 8.72. The Labute approximate surface area is 110 Å². The maximum absolute atomic E-state index is 11.5. The third kappa shape index (κ3) is 3.69. The summed E-state index contributed by atoms with van der Waals surface area (Å²) in [6.45, 7) is 5.25. The summed E-state index contributed by atoms with van der Waals surface area (Å²) in [6.07, 6.45) is 6.52. The first kappa shape index (κ1) is 13.8. The highest BCUT2D eigenvalue weighted by Gasteiger charge is 2.37. The van der Waals surface area contributed by atoms with Crippen LogP contribution in [0.25, 0.3) is 0 Å². The molecule has 1 aliphatic carbocycles. The number of hydrogen-bond acceptors (Lipinski definition) is 3. The van der Waals surface area contributed by atoms with E-state index >= 15 is 0 Å². The van der Waals surface area contributed by atoms with E-state index in [1.165, 1.54) is 25.7 Å². The van der Waals surface area contributed by atoms with Gasteiger partial charge in [-0.05, 0) is 51.1 Å². The second-order valence-corrected chi connectivity index (χ2v) is 5.76. The quantitative estimate of drug-likeness (QED) is 0.726. The lowest BCUT2D eigenvalue weighted by atomic mass is 9.96. The van der Waals surface area contributed by atoms with E-state index in [1.807, 2.05) is 0 Å². The number of carboxylic acid groups (broad SMARTS) is 1. The van der Waals surface area contributed by atoms with Crippen molar-refractivity contribution < 1.29 is 9.90 Å². The molecule has 0 aromatic carbocycles. The number of nitrogens with one attached hydrogen (secondary N) is 1. The Morgan fingerprint density at radius 3 is 2.50 bits per heavy atom. The Bertz CT molecular complexity index is 273. The molecule has 4 heteroatoms. The molecule has 0 spiro atoms. The summed E-state index contributed by atoms with van der Waals surface area (Å²) < 4.78 is 0. The number of nitrogens with zero attached hydrogens (tertiary/aromatic N) is 1. The van der Waals surface area contributed by atoms with Crippen molar-refractivity contribution >= 4 is 5.97 Å². The minimum atomic E-state index is -0.627. The molecule has 1 aliphatic heterocycles. The smallest absolute Gasteiger partial charge is 0.320 e. The third-order valence-corrected chi connectivity index (χ3v) is 4.19. The molecule has 0 aromatic rings. The van der Waals surface area contributed by atoms with Gasteiger partial charge in [0.25, 0.3) is 0 Å². The Morgan fingerprint density at radius 1 is 1.33 bits per heavy atom. The van der Waals surface area contributed by atoms with Gasteiger partial charge in [-0.1, -0.05) is 13.3 Å². The third-order valence-electron chi connectivity index (χ3n) is 4.19. The van der Waals surface area contributed by atoms with Crippen LogP contribution in [0.1, 0.15) is 45.4 Å². The van der Waals surface area contributed by atoms with Gasteiger partial charge in [0.15, 0.2) is 0 Å². The number of piperidine rings is 1. The zero-order chi connectivity index (χ0) is 13.0. The van der Waals surface area contributed by atoms with Crippen molar-refractivity contribution in [2.75, 3.05) is 19.6 Å². The van der Waals surface area contributed by atoms with Crippen molar-refractivity contribution in [1.82, 2.24) is 10.2 Å². The molecule has 2 N–H and O–H groups in total. The molecule has 18 heavy (non-hydrogen) atoms. The number of rotatable bonds is 7. The fourth-order valence-electron chi connectivity index (χ4n) is 3.00. The summed E-state index contributed by atoms with van der Waals surface area (Å²) in [5, 5.41) is 12.8. The van der Waals surface area contributed by atoms with Crippen molar-refractivity contribution in [1.29, 1.82) is 0 Å². The average molecular weight is 254 g/mol. The van der Waals surface area contributed by atoms with E-state index in [1.54, 1.807) is 0 Å². The highest BCUT2D eigenvalue weighted by Crippen LogP contribution is 2.32. The molecule has 0 aromatic heterocycles. The van der Waals surface area contributed by atoms with E-state index in [0.29, 0.717) is 12.0 Å². The second kappa shape index (κ2) is 6.53. The van der Waals surface area contributed by atoms with Crippen molar-refractivity contribution in [3.63, 3.8) is 0 Å². The van der Waals surface area contributed by atoms with Gasteiger partial charge in [-0.15, -0.1) is 0 Å². The van der Waals surface area contributed by atoms with Gasteiger partial charge in [0.2, 0.25) is 0 Å². The van der Waals surface area contributed by atoms with Gasteiger partial charge >= 0.3 is 5.97 Å². The van der Waals surface area contributed by atoms with E-state index in [4.69, 9.17) is 0 Å². The molecule has 4 nitrogen and oxygen atoms in total. The standard InChI is InChI=1S/C14H26N2O2/c1-2-3-13(14(17)18)16(12-4-5-12)10-11-6-8-15-9-7-11/h11-13,15H,2-10H2,1H3,(H,17,18). The lowest BCUT2D eigenvalue weighted by molar-refractivity contribution is -0.144. The zero-order valence-corrected chi connectivity index (χ0v) is 11.4. The molecule has 0 radical (unpaired) electrons. The van der Waals surface area contributed by atoms with Crippen molar-refractivity contribution in [3.05, 3.63) is 0 Å². The SMILES string of the molecule is CCCC(C(=O)O)N(CC1CCNCC1)C1CC1. The predicted octanol–water partition coefficient (Wildman–Crippen LogP) is 1.70. The van der Waals surface area contributed by atoms with Crippen LogP contribution < -0.4 is 5.32 Å². The van der Waals surface area contributed by atoms with Gasteiger partial charge < -0.3 is 10.4 Å². The summed E-state index contributed by atoms with van der Waals surface area (Å²) in [5.41, 5.74) is 0. The zero-order valence-electron chi connectivity index (χ0n) is 11.4. The van der Waals surface area contributed by atoms with Crippen LogP contribution in [0.3, 0.4) is 0 Å². The number of hydrogen-bond donors (Lipinski definition) is 2. The number of carboxylic acids is 1. The van der Waals surface area contributed by atoms with E-state index < -0.39 is 5.97 Å². The molecule has 0 bridgehead atoms. The van der Waals surface area contributed by atoms with Gasteiger partial charge in [0.05, 0.1) is 0 Å². The molecule has 2 fully saturated rings. The first-order valence-electron chi connectivity index (χ1n) is 7.41. The molecular formula is C14H26N2O2. The van der Waals surface area contributed by atoms with E-state index in [9.17, 15) is 9.90 Å². The predicted molar refractivity (Wildman–Crippen MR) is 71.7 cm³/mol. The minimum Gasteiger partial charge on any atom is -0.480 e. The van der Waals surface area contributed by atoms with Gasteiger partial charge in [0.1, 0.15) is 6.04 Å². The van der Waals surface area contributed by atoms with Gasteiger partial charge in [-0.2, -0.15) is 0 Å². The van der Waals surface area contributed by atoms with Gasteiger partial charge in [0, 0.05) is 12.6 Å². The van der Waals surface area contributed by atoms with Crippen LogP contribution in [0, 0.1) is 5.92 Å². The van der Waals surface area contributed by atoms with Crippen LogP contribution in [0.15, 0.2) is 0 Å². The van der Waals surface area contributed by atoms with E-state index in [2.05, 4.69) is 17.1 Å². The van der Waals surface area contributed by atoms with E-state index in [0.717, 1.165) is 32.5 Å². The van der Waals surface area contributed by atoms with Crippen LogP contribution in [-0.4, -0.2) is 47.7 Å². The van der Waals surface area contributed by atoms with Gasteiger partial charge in [-0.3, -0.25) is 9.69 Å². The topological polar surface area (TPSA) is 52.6 Å². The normalized spacial score (nSPS) is 23.2. The highest BCUT2D eigenvalue weighted by molar-refractivity contribution is 5.73. The van der Waals surface area contributed by atoms with Gasteiger partial charge in [-0.25, -0.2) is 0 Å². The maximum atomic E-state index is 11.5. The molecular weight excluding hydrogens is 228 g/mol. The van der Waals surface area contributed by atoms with Crippen molar-refractivity contribution in [2.45, 2.75) is 57.5 Å². The van der Waals surface area contributed by atoms with Crippen molar-refractivity contribution in [3.8, 4) is 0 Å². The monoisotopic (exact) mass is 254 g/mol. The summed E-state index contributed by atoms with van der Waals surface area (Å²) >= 11 is 0. The van der Waals surface area contributed by atoms with Crippen LogP contribution in [0.5, 0.6) is 0 Å². The molecule has 2 rings (SSSR count). The van der Waals surface area contributed by atoms with Crippen LogP contribution in [0.2, 0.25) is 0 Å². The summed E-state index contributed by atoms with van der Waals surface area (Å²) in [5.74, 6) is 0.0586.